The summed E-state index contributed by atoms with van der Waals surface area (Å²) in [6.45, 7) is 2.26. The molecule has 0 atom stereocenters. The van der Waals surface area contributed by atoms with Gasteiger partial charge in [0.15, 0.2) is 0 Å². The van der Waals surface area contributed by atoms with Gasteiger partial charge in [-0.25, -0.2) is 0 Å². The average Bonchev–Trinajstić information content (AvgIpc) is 2.95. The smallest absolute Gasteiger partial charge is 0.203 e. The summed E-state index contributed by atoms with van der Waals surface area (Å²) in [7, 11) is 0. The minimum atomic E-state index is 0.351. The summed E-state index contributed by atoms with van der Waals surface area (Å²) in [6, 6.07) is 7.32. The molecule has 2 heterocycles. The molecule has 0 aliphatic carbocycles. The first-order chi connectivity index (χ1) is 7.88. The van der Waals surface area contributed by atoms with Crippen LogP contribution in [0, 0.1) is 11.3 Å². The topological polar surface area (TPSA) is 66.8 Å². The van der Waals surface area contributed by atoms with Crippen molar-refractivity contribution in [2.45, 2.75) is 13.1 Å². The monoisotopic (exact) mass is 216 g/mol. The lowest BCUT2D eigenvalue weighted by Gasteiger charge is -2.02. The molecule has 0 fully saturated rings. The molecule has 0 aromatic carbocycles. The maximum atomic E-state index is 8.57. The van der Waals surface area contributed by atoms with Crippen LogP contribution >= 0.6 is 0 Å². The summed E-state index contributed by atoms with van der Waals surface area (Å²) in [4.78, 5) is 0. The van der Waals surface area contributed by atoms with E-state index in [9.17, 15) is 0 Å². The Hall–Kier alpha value is -2.06. The minimum Gasteiger partial charge on any atom is -0.449 e. The third-order valence-electron chi connectivity index (χ3n) is 2.15. The molecule has 82 valence electrons. The Morgan fingerprint density at radius 1 is 1.50 bits per heavy atom. The lowest BCUT2D eigenvalue weighted by atomic mass is 10.4. The van der Waals surface area contributed by atoms with Crippen molar-refractivity contribution in [1.82, 2.24) is 15.1 Å². The number of aromatic nitrogens is 2. The molecule has 16 heavy (non-hydrogen) atoms. The van der Waals surface area contributed by atoms with E-state index in [-0.39, 0.29) is 0 Å². The zero-order valence-corrected chi connectivity index (χ0v) is 8.76. The summed E-state index contributed by atoms with van der Waals surface area (Å²) >= 11 is 0. The van der Waals surface area contributed by atoms with E-state index in [0.717, 1.165) is 18.8 Å². The van der Waals surface area contributed by atoms with Gasteiger partial charge >= 0.3 is 0 Å². The van der Waals surface area contributed by atoms with Crippen LogP contribution in [0.1, 0.15) is 11.5 Å². The van der Waals surface area contributed by atoms with Crippen LogP contribution < -0.4 is 5.32 Å². The number of nitrogens with zero attached hydrogens (tertiary/aromatic N) is 3. The number of nitrogens with one attached hydrogen (secondary N) is 1. The zero-order valence-electron chi connectivity index (χ0n) is 8.76. The molecule has 2 rings (SSSR count). The van der Waals surface area contributed by atoms with Crippen LogP contribution in [0.4, 0.5) is 0 Å². The number of nitriles is 1. The number of hydrogen-bond acceptors (Lipinski definition) is 4. The molecular weight excluding hydrogens is 204 g/mol. The number of hydrogen-bond donors (Lipinski definition) is 1. The van der Waals surface area contributed by atoms with Crippen molar-refractivity contribution in [2.24, 2.45) is 0 Å². The summed E-state index contributed by atoms with van der Waals surface area (Å²) in [5, 5.41) is 15.9. The molecule has 0 radical (unpaired) electrons. The van der Waals surface area contributed by atoms with Gasteiger partial charge in [-0.2, -0.15) is 10.4 Å². The number of rotatable bonds is 5. The molecule has 2 aromatic heterocycles. The fourth-order valence-electron chi connectivity index (χ4n) is 1.37. The zero-order chi connectivity index (χ0) is 11.2. The Morgan fingerprint density at radius 3 is 3.12 bits per heavy atom. The predicted octanol–water partition coefficient (Wildman–Crippen LogP) is 1.14. The van der Waals surface area contributed by atoms with Crippen molar-refractivity contribution in [3.05, 3.63) is 42.1 Å². The quantitative estimate of drug-likeness (QED) is 0.761. The van der Waals surface area contributed by atoms with Gasteiger partial charge < -0.3 is 9.73 Å². The van der Waals surface area contributed by atoms with Crippen molar-refractivity contribution >= 4 is 0 Å². The molecule has 5 heteroatoms. The van der Waals surface area contributed by atoms with Crippen molar-refractivity contribution in [2.75, 3.05) is 6.54 Å². The van der Waals surface area contributed by atoms with E-state index < -0.39 is 0 Å². The predicted molar refractivity (Wildman–Crippen MR) is 57.4 cm³/mol. The molecule has 1 N–H and O–H groups in total. The first kappa shape index (κ1) is 10.5. The highest BCUT2D eigenvalue weighted by atomic mass is 16.3. The van der Waals surface area contributed by atoms with Gasteiger partial charge in [-0.15, -0.1) is 0 Å². The normalized spacial score (nSPS) is 10.2. The molecule has 0 spiro atoms. The van der Waals surface area contributed by atoms with Gasteiger partial charge in [0.1, 0.15) is 11.8 Å². The maximum Gasteiger partial charge on any atom is 0.203 e. The Bertz CT molecular complexity index is 466. The molecule has 0 aliphatic heterocycles. The molecule has 0 saturated carbocycles. The minimum absolute atomic E-state index is 0.351. The van der Waals surface area contributed by atoms with Crippen molar-refractivity contribution < 1.29 is 4.42 Å². The van der Waals surface area contributed by atoms with E-state index in [2.05, 4.69) is 10.4 Å². The van der Waals surface area contributed by atoms with Gasteiger partial charge in [-0.05, 0) is 18.2 Å². The van der Waals surface area contributed by atoms with Crippen LogP contribution in [-0.4, -0.2) is 16.3 Å². The van der Waals surface area contributed by atoms with Gasteiger partial charge in [-0.3, -0.25) is 4.68 Å². The molecule has 0 unspecified atom stereocenters. The molecule has 5 nitrogen and oxygen atoms in total. The van der Waals surface area contributed by atoms with Crippen LogP contribution in [0.3, 0.4) is 0 Å². The highest BCUT2D eigenvalue weighted by Gasteiger charge is 1.99. The van der Waals surface area contributed by atoms with E-state index in [4.69, 9.17) is 9.68 Å². The van der Waals surface area contributed by atoms with Gasteiger partial charge in [0.25, 0.3) is 0 Å². The Balaban J connectivity index is 1.70. The third kappa shape index (κ3) is 2.72. The standard InChI is InChI=1S/C11H12N4O/c12-8-10-2-3-11(16-10)9-13-5-7-15-6-1-4-14-15/h1-4,6,13H,5,7,9H2. The van der Waals surface area contributed by atoms with Crippen LogP contribution in [0.15, 0.2) is 35.0 Å². The lowest BCUT2D eigenvalue weighted by molar-refractivity contribution is 0.463. The van der Waals surface area contributed by atoms with Gasteiger partial charge in [-0.1, -0.05) is 0 Å². The first-order valence-corrected chi connectivity index (χ1v) is 5.05. The summed E-state index contributed by atoms with van der Waals surface area (Å²) < 4.78 is 7.08. The molecular formula is C11H12N4O. The average molecular weight is 216 g/mol. The van der Waals surface area contributed by atoms with E-state index >= 15 is 0 Å². The summed E-state index contributed by atoms with van der Waals surface area (Å²) in [5.41, 5.74) is 0. The Kier molecular flexibility index (Phi) is 3.36. The highest BCUT2D eigenvalue weighted by molar-refractivity contribution is 5.18. The Labute approximate surface area is 93.3 Å². The molecule has 0 saturated heterocycles. The maximum absolute atomic E-state index is 8.57. The van der Waals surface area contributed by atoms with Crippen molar-refractivity contribution in [3.8, 4) is 6.07 Å². The van der Waals surface area contributed by atoms with Crippen LogP contribution in [0.2, 0.25) is 0 Å². The fraction of sp³-hybridized carbons (Fsp3) is 0.273. The van der Waals surface area contributed by atoms with E-state index in [0.29, 0.717) is 12.3 Å². The van der Waals surface area contributed by atoms with Crippen molar-refractivity contribution in [1.29, 1.82) is 5.26 Å². The number of furan rings is 1. The van der Waals surface area contributed by atoms with Gasteiger partial charge in [0.05, 0.1) is 13.1 Å². The highest BCUT2D eigenvalue weighted by Crippen LogP contribution is 2.05. The van der Waals surface area contributed by atoms with Gasteiger partial charge in [0, 0.05) is 18.9 Å². The van der Waals surface area contributed by atoms with E-state index in [1.54, 1.807) is 18.3 Å². The largest absolute Gasteiger partial charge is 0.449 e. The molecule has 0 bridgehead atoms. The van der Waals surface area contributed by atoms with E-state index in [1.165, 1.54) is 0 Å². The molecule has 0 aliphatic rings. The summed E-state index contributed by atoms with van der Waals surface area (Å²) in [6.07, 6.45) is 3.67. The van der Waals surface area contributed by atoms with Crippen LogP contribution in [0.25, 0.3) is 0 Å². The second-order valence-electron chi connectivity index (χ2n) is 3.32. The molecule has 0 amide bonds. The SMILES string of the molecule is N#Cc1ccc(CNCCn2cccn2)o1. The lowest BCUT2D eigenvalue weighted by Crippen LogP contribution is -2.19. The first-order valence-electron chi connectivity index (χ1n) is 5.05. The molecule has 2 aromatic rings. The summed E-state index contributed by atoms with van der Waals surface area (Å²) in [5.74, 6) is 1.13. The van der Waals surface area contributed by atoms with Gasteiger partial charge in [0.2, 0.25) is 5.76 Å². The second kappa shape index (κ2) is 5.14. The third-order valence-corrected chi connectivity index (χ3v) is 2.15. The Morgan fingerprint density at radius 2 is 2.44 bits per heavy atom. The fourth-order valence-corrected chi connectivity index (χ4v) is 1.37. The van der Waals surface area contributed by atoms with Crippen molar-refractivity contribution in [3.63, 3.8) is 0 Å². The van der Waals surface area contributed by atoms with Crippen LogP contribution in [-0.2, 0) is 13.1 Å². The van der Waals surface area contributed by atoms with Crippen LogP contribution in [0.5, 0.6) is 0 Å². The second-order valence-corrected chi connectivity index (χ2v) is 3.32. The van der Waals surface area contributed by atoms with E-state index in [1.807, 2.05) is 23.0 Å².